The van der Waals surface area contributed by atoms with Crippen molar-refractivity contribution in [3.05, 3.63) is 50.8 Å². The molecule has 0 bridgehead atoms. The number of alkyl halides is 3. The van der Waals surface area contributed by atoms with Gasteiger partial charge in [0.05, 0.1) is 5.56 Å². The second-order valence-corrected chi connectivity index (χ2v) is 8.01. The lowest BCUT2D eigenvalue weighted by molar-refractivity contribution is -0.141. The molecule has 1 heterocycles. The van der Waals surface area contributed by atoms with Crippen LogP contribution >= 0.6 is 11.3 Å². The van der Waals surface area contributed by atoms with Gasteiger partial charge in [-0.1, -0.05) is 19.4 Å². The number of hydrogen-bond donors (Lipinski definition) is 1. The van der Waals surface area contributed by atoms with Gasteiger partial charge in [-0.2, -0.15) is 18.2 Å². The van der Waals surface area contributed by atoms with Gasteiger partial charge in [-0.05, 0) is 50.3 Å². The Bertz CT molecular complexity index is 992. The molecule has 0 fully saturated rings. The van der Waals surface area contributed by atoms with E-state index in [4.69, 9.17) is 0 Å². The summed E-state index contributed by atoms with van der Waals surface area (Å²) >= 11 is 1.26. The van der Waals surface area contributed by atoms with E-state index in [-0.39, 0.29) is 10.4 Å². The third-order valence-corrected chi connectivity index (χ3v) is 6.12. The molecule has 0 saturated carbocycles. The number of aromatic nitrogens is 1. The van der Waals surface area contributed by atoms with E-state index in [0.29, 0.717) is 12.8 Å². The van der Waals surface area contributed by atoms with Gasteiger partial charge < -0.3 is 9.67 Å². The number of carbonyl (C=O) groups excluding carboxylic acids is 1. The maximum Gasteiger partial charge on any atom is 0.416 e. The van der Waals surface area contributed by atoms with Gasteiger partial charge in [-0.3, -0.25) is 4.79 Å². The minimum Gasteiger partial charge on any atom is -0.480 e. The molecule has 2 aromatic rings. The largest absolute Gasteiger partial charge is 0.480 e. The molecule has 5 nitrogen and oxygen atoms in total. The van der Waals surface area contributed by atoms with Gasteiger partial charge >= 0.3 is 12.1 Å². The van der Waals surface area contributed by atoms with Crippen molar-refractivity contribution in [1.82, 2.24) is 4.57 Å². The zero-order valence-corrected chi connectivity index (χ0v) is 16.6. The number of benzene rings is 1. The van der Waals surface area contributed by atoms with Crippen LogP contribution in [0.25, 0.3) is 0 Å². The van der Waals surface area contributed by atoms with E-state index < -0.39 is 29.7 Å². The van der Waals surface area contributed by atoms with E-state index in [1.807, 2.05) is 0 Å². The molecule has 156 valence electrons. The highest BCUT2D eigenvalue weighted by atomic mass is 32.1. The number of fused-ring (bicyclic) bond motifs is 1. The van der Waals surface area contributed by atoms with Crippen LogP contribution in [0.5, 0.6) is 0 Å². The van der Waals surface area contributed by atoms with Crippen LogP contribution in [0.3, 0.4) is 0 Å². The van der Waals surface area contributed by atoms with Crippen LogP contribution in [0.1, 0.15) is 65.1 Å². The molecule has 0 spiro atoms. The van der Waals surface area contributed by atoms with Crippen molar-refractivity contribution in [3.63, 3.8) is 0 Å². The van der Waals surface area contributed by atoms with Crippen molar-refractivity contribution in [1.29, 1.82) is 0 Å². The molecule has 1 unspecified atom stereocenters. The lowest BCUT2D eigenvalue weighted by atomic mass is 10.1. The first-order valence-electron chi connectivity index (χ1n) is 9.44. The highest BCUT2D eigenvalue weighted by molar-refractivity contribution is 7.09. The predicted molar refractivity (Wildman–Crippen MR) is 102 cm³/mol. The van der Waals surface area contributed by atoms with E-state index in [0.717, 1.165) is 54.5 Å². The Kier molecular flexibility index (Phi) is 6.26. The van der Waals surface area contributed by atoms with Gasteiger partial charge in [0.15, 0.2) is 4.80 Å². The van der Waals surface area contributed by atoms with Crippen LogP contribution in [0.4, 0.5) is 13.2 Å². The number of hydrogen-bond acceptors (Lipinski definition) is 3. The van der Waals surface area contributed by atoms with Crippen LogP contribution in [-0.4, -0.2) is 21.6 Å². The van der Waals surface area contributed by atoms with Crippen molar-refractivity contribution in [2.45, 2.75) is 57.7 Å². The van der Waals surface area contributed by atoms with E-state index in [2.05, 4.69) is 4.99 Å². The normalized spacial score (nSPS) is 16.2. The number of aliphatic carboxylic acids is 1. The zero-order chi connectivity index (χ0) is 21.2. The average Bonchev–Trinajstić information content (AvgIpc) is 2.84. The Hall–Kier alpha value is -2.42. The number of thiazole rings is 1. The molecule has 29 heavy (non-hydrogen) atoms. The van der Waals surface area contributed by atoms with E-state index in [9.17, 15) is 27.9 Å². The number of rotatable bonds is 4. The average molecular weight is 426 g/mol. The zero-order valence-electron chi connectivity index (χ0n) is 15.8. The van der Waals surface area contributed by atoms with Crippen molar-refractivity contribution in [2.75, 3.05) is 0 Å². The van der Waals surface area contributed by atoms with E-state index in [1.54, 1.807) is 11.5 Å². The molecule has 1 aromatic heterocycles. The molecule has 1 N–H and O–H groups in total. The predicted octanol–water partition coefficient (Wildman–Crippen LogP) is 4.61. The van der Waals surface area contributed by atoms with Gasteiger partial charge in [-0.15, -0.1) is 11.3 Å². The quantitative estimate of drug-likeness (QED) is 0.726. The Morgan fingerprint density at radius 3 is 2.62 bits per heavy atom. The maximum absolute atomic E-state index is 12.9. The molecule has 0 aliphatic heterocycles. The molecule has 1 aliphatic rings. The summed E-state index contributed by atoms with van der Waals surface area (Å²) in [5.41, 5.74) is -0.235. The van der Waals surface area contributed by atoms with Crippen LogP contribution in [0, 0.1) is 0 Å². The minimum atomic E-state index is -4.56. The molecule has 0 radical (unpaired) electrons. The van der Waals surface area contributed by atoms with Crippen LogP contribution in [0.15, 0.2) is 29.3 Å². The number of nitrogens with zero attached hydrogens (tertiary/aromatic N) is 2. The van der Waals surface area contributed by atoms with Crippen molar-refractivity contribution in [3.8, 4) is 0 Å². The van der Waals surface area contributed by atoms with Gasteiger partial charge in [0.25, 0.3) is 5.91 Å². The fourth-order valence-corrected chi connectivity index (χ4v) is 4.77. The van der Waals surface area contributed by atoms with Gasteiger partial charge in [0, 0.05) is 16.1 Å². The number of carboxylic acid groups (broad SMARTS) is 1. The Balaban J connectivity index is 2.11. The van der Waals surface area contributed by atoms with Gasteiger partial charge in [0.2, 0.25) is 0 Å². The Morgan fingerprint density at radius 1 is 1.24 bits per heavy atom. The second-order valence-electron chi connectivity index (χ2n) is 6.94. The summed E-state index contributed by atoms with van der Waals surface area (Å²) in [6.45, 7) is 1.74. The molecule has 1 atom stereocenters. The molecule has 9 heteroatoms. The van der Waals surface area contributed by atoms with Crippen molar-refractivity contribution >= 4 is 23.2 Å². The van der Waals surface area contributed by atoms with Crippen molar-refractivity contribution < 1.29 is 27.9 Å². The molecule has 1 amide bonds. The highest BCUT2D eigenvalue weighted by Crippen LogP contribution is 2.30. The Morgan fingerprint density at radius 2 is 1.97 bits per heavy atom. The number of amides is 1. The first-order chi connectivity index (χ1) is 13.7. The summed E-state index contributed by atoms with van der Waals surface area (Å²) in [5, 5.41) is 9.65. The molecular formula is C20H21F3N2O3S. The summed E-state index contributed by atoms with van der Waals surface area (Å²) in [6, 6.07) is 3.22. The first-order valence-corrected chi connectivity index (χ1v) is 10.3. The summed E-state index contributed by atoms with van der Waals surface area (Å²) < 4.78 is 40.4. The molecular weight excluding hydrogens is 405 g/mol. The van der Waals surface area contributed by atoms with Gasteiger partial charge in [0.1, 0.15) is 6.04 Å². The fourth-order valence-electron chi connectivity index (χ4n) is 3.52. The monoisotopic (exact) mass is 426 g/mol. The van der Waals surface area contributed by atoms with Crippen LogP contribution < -0.4 is 4.80 Å². The van der Waals surface area contributed by atoms with E-state index >= 15 is 0 Å². The number of carbonyl (C=O) groups is 2. The number of halogens is 3. The lowest BCUT2D eigenvalue weighted by Gasteiger charge is -2.16. The summed E-state index contributed by atoms with van der Waals surface area (Å²) in [7, 11) is 0. The molecule has 1 aromatic carbocycles. The number of aryl methyl sites for hydroxylation is 1. The second kappa shape index (κ2) is 8.52. The topological polar surface area (TPSA) is 71.7 Å². The van der Waals surface area contributed by atoms with Gasteiger partial charge in [-0.25, -0.2) is 4.79 Å². The minimum absolute atomic E-state index is 0.182. The summed E-state index contributed by atoms with van der Waals surface area (Å²) in [4.78, 5) is 29.7. The Labute approximate surface area is 169 Å². The standard InChI is InChI=1S/C20H21F3N2O3S/c1-2-14(18(27)28)25-15-9-4-3-5-10-16(15)29-19(25)24-17(26)12-7-6-8-13(11-12)20(21,22)23/h6-8,11,14H,2-5,9-10H2,1H3,(H,27,28)/b24-19-. The number of carboxylic acids is 1. The van der Waals surface area contributed by atoms with Crippen molar-refractivity contribution in [2.24, 2.45) is 4.99 Å². The van der Waals surface area contributed by atoms with E-state index in [1.165, 1.54) is 17.4 Å². The van der Waals surface area contributed by atoms with Crippen LogP contribution in [-0.2, 0) is 23.8 Å². The third-order valence-electron chi connectivity index (χ3n) is 4.97. The lowest BCUT2D eigenvalue weighted by Crippen LogP contribution is -2.29. The molecule has 3 rings (SSSR count). The maximum atomic E-state index is 12.9. The first kappa shape index (κ1) is 21.3. The fraction of sp³-hybridized carbons (Fsp3) is 0.450. The highest BCUT2D eigenvalue weighted by Gasteiger charge is 2.31. The third kappa shape index (κ3) is 4.60. The summed E-state index contributed by atoms with van der Waals surface area (Å²) in [5.74, 6) is -1.84. The SMILES string of the molecule is CCC(C(=O)O)n1c2c(s/c1=N\C(=O)c1cccc(C(F)(F)F)c1)CCCCC2. The molecule has 0 saturated heterocycles. The van der Waals surface area contributed by atoms with Crippen LogP contribution in [0.2, 0.25) is 0 Å². The summed E-state index contributed by atoms with van der Waals surface area (Å²) in [6.07, 6.45) is 0.156. The molecule has 1 aliphatic carbocycles. The smallest absolute Gasteiger partial charge is 0.416 e.